The van der Waals surface area contributed by atoms with Gasteiger partial charge in [0.1, 0.15) is 5.78 Å². The first-order chi connectivity index (χ1) is 13.9. The van der Waals surface area contributed by atoms with Crippen LogP contribution in [0.1, 0.15) is 65.7 Å². The third-order valence-corrected chi connectivity index (χ3v) is 11.0. The highest BCUT2D eigenvalue weighted by Gasteiger charge is 2.46. The van der Waals surface area contributed by atoms with Crippen LogP contribution in [0.4, 0.5) is 0 Å². The average Bonchev–Trinajstić information content (AvgIpc) is 2.94. The van der Waals surface area contributed by atoms with E-state index in [1.165, 1.54) is 20.3 Å². The van der Waals surface area contributed by atoms with Gasteiger partial charge in [0.05, 0.1) is 20.3 Å². The van der Waals surface area contributed by atoms with E-state index in [9.17, 15) is 14.4 Å². The minimum absolute atomic E-state index is 0.0460. The summed E-state index contributed by atoms with van der Waals surface area (Å²) in [6, 6.07) is 0. The molecule has 7 heteroatoms. The smallest absolute Gasteiger partial charge is 0.330 e. The van der Waals surface area contributed by atoms with Crippen molar-refractivity contribution in [2.24, 2.45) is 11.8 Å². The Balaban J connectivity index is 2.78. The first kappa shape index (κ1) is 26.6. The van der Waals surface area contributed by atoms with Crippen LogP contribution in [0.15, 0.2) is 12.2 Å². The fraction of sp³-hybridized carbons (Fsp3) is 0.783. The molecule has 0 heterocycles. The number of methoxy groups -OCH3 is 2. The average molecular weight is 441 g/mol. The largest absolute Gasteiger partial charge is 0.469 e. The molecule has 0 bridgehead atoms. The predicted molar refractivity (Wildman–Crippen MR) is 120 cm³/mol. The van der Waals surface area contributed by atoms with E-state index < -0.39 is 14.3 Å². The SMILES string of the molecule is COC(=O)/C=C/[C@H]1[C@H](O[Si](C)(C)C(C)(C)C)CC(=O)[C@@H]1CCCCCCC(=O)OC. The number of Topliss-reactive ketones (excluding diaryl/α,β-unsaturated/α-hetero) is 1. The molecule has 1 saturated carbocycles. The minimum Gasteiger partial charge on any atom is -0.469 e. The molecule has 0 spiro atoms. The number of unbranched alkanes of at least 4 members (excludes halogenated alkanes) is 3. The quantitative estimate of drug-likeness (QED) is 0.198. The van der Waals surface area contributed by atoms with Crippen LogP contribution in [0.3, 0.4) is 0 Å². The summed E-state index contributed by atoms with van der Waals surface area (Å²) < 4.78 is 16.0. The molecule has 1 rings (SSSR count). The summed E-state index contributed by atoms with van der Waals surface area (Å²) in [6.45, 7) is 10.9. The van der Waals surface area contributed by atoms with Crippen molar-refractivity contribution in [1.29, 1.82) is 0 Å². The molecule has 1 aliphatic rings. The molecule has 1 fully saturated rings. The third kappa shape index (κ3) is 7.98. The fourth-order valence-corrected chi connectivity index (χ4v) is 4.94. The van der Waals surface area contributed by atoms with Gasteiger partial charge in [0.2, 0.25) is 0 Å². The molecule has 0 saturated heterocycles. The van der Waals surface area contributed by atoms with Crippen LogP contribution in [-0.4, -0.2) is 46.4 Å². The van der Waals surface area contributed by atoms with Crippen molar-refractivity contribution >= 4 is 26.0 Å². The lowest BCUT2D eigenvalue weighted by molar-refractivity contribution is -0.140. The molecule has 0 aromatic carbocycles. The van der Waals surface area contributed by atoms with E-state index in [0.717, 1.165) is 32.1 Å². The van der Waals surface area contributed by atoms with Crippen molar-refractivity contribution in [1.82, 2.24) is 0 Å². The second kappa shape index (κ2) is 11.8. The molecule has 172 valence electrons. The molecule has 0 radical (unpaired) electrons. The van der Waals surface area contributed by atoms with Crippen LogP contribution in [0.2, 0.25) is 18.1 Å². The zero-order valence-corrected chi connectivity index (χ0v) is 20.8. The lowest BCUT2D eigenvalue weighted by Crippen LogP contribution is -2.45. The first-order valence-electron chi connectivity index (χ1n) is 11.0. The Labute approximate surface area is 182 Å². The van der Waals surface area contributed by atoms with E-state index in [4.69, 9.17) is 9.16 Å². The molecule has 0 aliphatic heterocycles. The second-order valence-corrected chi connectivity index (χ2v) is 14.4. The van der Waals surface area contributed by atoms with Crippen LogP contribution in [0, 0.1) is 11.8 Å². The highest BCUT2D eigenvalue weighted by molar-refractivity contribution is 6.74. The summed E-state index contributed by atoms with van der Waals surface area (Å²) in [6.07, 6.45) is 8.26. The number of esters is 2. The lowest BCUT2D eigenvalue weighted by atomic mass is 9.89. The number of hydrogen-bond donors (Lipinski definition) is 0. The predicted octanol–water partition coefficient (Wildman–Crippen LogP) is 4.82. The Bertz CT molecular complexity index is 620. The van der Waals surface area contributed by atoms with E-state index in [1.54, 1.807) is 0 Å². The molecule has 0 aromatic heterocycles. The van der Waals surface area contributed by atoms with E-state index in [-0.39, 0.29) is 34.7 Å². The van der Waals surface area contributed by atoms with Gasteiger partial charge in [-0.3, -0.25) is 9.59 Å². The zero-order valence-electron chi connectivity index (χ0n) is 19.8. The van der Waals surface area contributed by atoms with Crippen LogP contribution in [-0.2, 0) is 28.3 Å². The van der Waals surface area contributed by atoms with Gasteiger partial charge in [-0.05, 0) is 31.0 Å². The molecule has 0 amide bonds. The Morgan fingerprint density at radius 1 is 1.07 bits per heavy atom. The molecular formula is C23H40O6Si. The minimum atomic E-state index is -2.04. The van der Waals surface area contributed by atoms with Crippen LogP contribution >= 0.6 is 0 Å². The molecule has 0 N–H and O–H groups in total. The molecule has 0 unspecified atom stereocenters. The number of rotatable bonds is 11. The standard InChI is InChI=1S/C23H40O6Si/c1-23(2,3)30(6,7)29-20-16-19(24)17(18(20)14-15-22(26)28-5)12-10-8-9-11-13-21(25)27-4/h14-15,17-18,20H,8-13,16H2,1-7H3/b15-14+/t17-,18-,20-/m1/s1. The van der Waals surface area contributed by atoms with Crippen molar-refractivity contribution < 1.29 is 28.3 Å². The van der Waals surface area contributed by atoms with Crippen molar-refractivity contribution in [3.05, 3.63) is 12.2 Å². The van der Waals surface area contributed by atoms with Crippen molar-refractivity contribution in [2.75, 3.05) is 14.2 Å². The molecule has 6 nitrogen and oxygen atoms in total. The molecular weight excluding hydrogens is 400 g/mol. The van der Waals surface area contributed by atoms with Crippen molar-refractivity contribution in [2.45, 2.75) is 90.0 Å². The summed E-state index contributed by atoms with van der Waals surface area (Å²) in [4.78, 5) is 35.7. The number of carbonyl (C=O) groups excluding carboxylic acids is 3. The molecule has 0 aromatic rings. The van der Waals surface area contributed by atoms with Gasteiger partial charge < -0.3 is 13.9 Å². The van der Waals surface area contributed by atoms with Crippen LogP contribution in [0.25, 0.3) is 0 Å². The van der Waals surface area contributed by atoms with Gasteiger partial charge >= 0.3 is 11.9 Å². The maximum absolute atomic E-state index is 12.8. The van der Waals surface area contributed by atoms with Gasteiger partial charge in [-0.2, -0.15) is 0 Å². The number of hydrogen-bond acceptors (Lipinski definition) is 6. The number of ether oxygens (including phenoxy) is 2. The van der Waals surface area contributed by atoms with E-state index in [0.29, 0.717) is 12.8 Å². The van der Waals surface area contributed by atoms with E-state index in [2.05, 4.69) is 38.6 Å². The highest BCUT2D eigenvalue weighted by Crippen LogP contribution is 2.43. The summed E-state index contributed by atoms with van der Waals surface area (Å²) >= 11 is 0. The zero-order chi connectivity index (χ0) is 22.9. The Hall–Kier alpha value is -1.47. The third-order valence-electron chi connectivity index (χ3n) is 6.49. The van der Waals surface area contributed by atoms with E-state index in [1.807, 2.05) is 6.08 Å². The molecule has 1 aliphatic carbocycles. The monoisotopic (exact) mass is 440 g/mol. The first-order valence-corrected chi connectivity index (χ1v) is 13.9. The van der Waals surface area contributed by atoms with Crippen molar-refractivity contribution in [3.63, 3.8) is 0 Å². The Morgan fingerprint density at radius 2 is 1.70 bits per heavy atom. The lowest BCUT2D eigenvalue weighted by Gasteiger charge is -2.39. The summed E-state index contributed by atoms with van der Waals surface area (Å²) in [5, 5.41) is 0.0460. The van der Waals surface area contributed by atoms with Crippen LogP contribution < -0.4 is 0 Å². The maximum atomic E-state index is 12.8. The van der Waals surface area contributed by atoms with Gasteiger partial charge in [-0.25, -0.2) is 4.79 Å². The highest BCUT2D eigenvalue weighted by atomic mass is 28.4. The van der Waals surface area contributed by atoms with Crippen molar-refractivity contribution in [3.8, 4) is 0 Å². The Kier molecular flexibility index (Phi) is 10.4. The van der Waals surface area contributed by atoms with Crippen LogP contribution in [0.5, 0.6) is 0 Å². The van der Waals surface area contributed by atoms with Gasteiger partial charge in [0.25, 0.3) is 0 Å². The second-order valence-electron chi connectivity index (χ2n) is 9.68. The molecule has 3 atom stereocenters. The molecule has 30 heavy (non-hydrogen) atoms. The fourth-order valence-electron chi connectivity index (χ4n) is 3.59. The van der Waals surface area contributed by atoms with Gasteiger partial charge in [0.15, 0.2) is 8.32 Å². The number of ketones is 1. The Morgan fingerprint density at radius 3 is 2.27 bits per heavy atom. The van der Waals surface area contributed by atoms with Gasteiger partial charge in [-0.1, -0.05) is 46.1 Å². The van der Waals surface area contributed by atoms with Gasteiger partial charge in [-0.15, -0.1) is 0 Å². The topological polar surface area (TPSA) is 78.9 Å². The van der Waals surface area contributed by atoms with E-state index >= 15 is 0 Å². The summed E-state index contributed by atoms with van der Waals surface area (Å²) in [5.41, 5.74) is 0. The summed E-state index contributed by atoms with van der Waals surface area (Å²) in [5.74, 6) is -0.628. The normalized spacial score (nSPS) is 22.5. The summed E-state index contributed by atoms with van der Waals surface area (Å²) in [7, 11) is 0.705. The van der Waals surface area contributed by atoms with Gasteiger partial charge in [0, 0.05) is 30.8 Å². The maximum Gasteiger partial charge on any atom is 0.330 e. The number of carbonyl (C=O) groups is 3.